The summed E-state index contributed by atoms with van der Waals surface area (Å²) in [6.45, 7) is 0. The van der Waals surface area contributed by atoms with E-state index in [2.05, 4.69) is 0 Å². The number of hydrogen-bond donors (Lipinski definition) is 1. The molecule has 1 rings (SSSR count). The van der Waals surface area contributed by atoms with Crippen LogP contribution in [-0.2, 0) is 4.79 Å². The quantitative estimate of drug-likeness (QED) is 0.758. The monoisotopic (exact) mass is 215 g/mol. The Morgan fingerprint density at radius 1 is 1.38 bits per heavy atom. The fourth-order valence-electron chi connectivity index (χ4n) is 0.809. The summed E-state index contributed by atoms with van der Waals surface area (Å²) in [5.74, 6) is -0.508. The molecule has 1 aromatic rings. The average Bonchev–Trinajstić information content (AvgIpc) is 2.02. The first kappa shape index (κ1) is 10.1. The van der Waals surface area contributed by atoms with Crippen LogP contribution in [0.1, 0.15) is 5.56 Å². The molecule has 0 bridgehead atoms. The van der Waals surface area contributed by atoms with Gasteiger partial charge in [0.05, 0.1) is 0 Å². The molecule has 0 aliphatic heterocycles. The van der Waals surface area contributed by atoms with Crippen LogP contribution in [0.4, 0.5) is 0 Å². The maximum Gasteiger partial charge on any atom is 0.241 e. The van der Waals surface area contributed by atoms with Gasteiger partial charge in [0.25, 0.3) is 0 Å². The number of amides is 1. The van der Waals surface area contributed by atoms with Gasteiger partial charge in [-0.3, -0.25) is 4.79 Å². The molecule has 2 nitrogen and oxygen atoms in total. The predicted octanol–water partition coefficient (Wildman–Crippen LogP) is 2.49. The summed E-state index contributed by atoms with van der Waals surface area (Å²) >= 11 is 11.5. The summed E-state index contributed by atoms with van der Waals surface area (Å²) in [7, 11) is 0. The standard InChI is InChI=1S/C9H7Cl2NO/c10-7-3-1-6(8(11)5-7)2-4-9(12)13/h1-5H,(H2,12,13)/b4-2+. The van der Waals surface area contributed by atoms with Gasteiger partial charge in [0.2, 0.25) is 5.91 Å². The smallest absolute Gasteiger partial charge is 0.241 e. The second-order valence-corrected chi connectivity index (χ2v) is 3.25. The Labute approximate surface area is 85.9 Å². The third-order valence-electron chi connectivity index (χ3n) is 1.39. The van der Waals surface area contributed by atoms with E-state index in [0.29, 0.717) is 15.6 Å². The number of benzene rings is 1. The van der Waals surface area contributed by atoms with Crippen LogP contribution in [0.25, 0.3) is 6.08 Å². The molecular weight excluding hydrogens is 209 g/mol. The molecule has 4 heteroatoms. The highest BCUT2D eigenvalue weighted by Crippen LogP contribution is 2.21. The summed E-state index contributed by atoms with van der Waals surface area (Å²) in [5.41, 5.74) is 5.64. The van der Waals surface area contributed by atoms with Gasteiger partial charge in [-0.15, -0.1) is 0 Å². The number of primary amides is 1. The first-order valence-electron chi connectivity index (χ1n) is 3.52. The van der Waals surface area contributed by atoms with E-state index >= 15 is 0 Å². The average molecular weight is 216 g/mol. The molecule has 0 heterocycles. The van der Waals surface area contributed by atoms with E-state index in [4.69, 9.17) is 28.9 Å². The summed E-state index contributed by atoms with van der Waals surface area (Å²) in [5, 5.41) is 1.05. The van der Waals surface area contributed by atoms with Crippen molar-refractivity contribution >= 4 is 35.2 Å². The van der Waals surface area contributed by atoms with E-state index in [-0.39, 0.29) is 0 Å². The van der Waals surface area contributed by atoms with Gasteiger partial charge < -0.3 is 5.73 Å². The van der Waals surface area contributed by atoms with Crippen LogP contribution in [0.2, 0.25) is 10.0 Å². The lowest BCUT2D eigenvalue weighted by atomic mass is 10.2. The zero-order valence-corrected chi connectivity index (χ0v) is 8.14. The number of halogens is 2. The van der Waals surface area contributed by atoms with Crippen molar-refractivity contribution in [1.82, 2.24) is 0 Å². The van der Waals surface area contributed by atoms with E-state index in [1.807, 2.05) is 0 Å². The molecule has 2 N–H and O–H groups in total. The van der Waals surface area contributed by atoms with Crippen LogP contribution in [0, 0.1) is 0 Å². The fraction of sp³-hybridized carbons (Fsp3) is 0. The van der Waals surface area contributed by atoms with E-state index in [1.54, 1.807) is 24.3 Å². The summed E-state index contributed by atoms with van der Waals surface area (Å²) in [6.07, 6.45) is 2.79. The molecule has 0 spiro atoms. The molecule has 0 aromatic heterocycles. The maximum absolute atomic E-state index is 10.4. The first-order valence-corrected chi connectivity index (χ1v) is 4.28. The van der Waals surface area contributed by atoms with Crippen molar-refractivity contribution < 1.29 is 4.79 Å². The molecule has 1 aromatic carbocycles. The Balaban J connectivity index is 2.96. The minimum absolute atomic E-state index is 0.491. The first-order chi connectivity index (χ1) is 6.09. The van der Waals surface area contributed by atoms with Crippen LogP contribution >= 0.6 is 23.2 Å². The van der Waals surface area contributed by atoms with E-state index in [0.717, 1.165) is 0 Å². The maximum atomic E-state index is 10.4. The number of carbonyl (C=O) groups excluding carboxylic acids is 1. The molecule has 0 unspecified atom stereocenters. The number of rotatable bonds is 2. The van der Waals surface area contributed by atoms with Crippen molar-refractivity contribution in [3.05, 3.63) is 39.9 Å². The van der Waals surface area contributed by atoms with Crippen molar-refractivity contribution in [3.63, 3.8) is 0 Å². The van der Waals surface area contributed by atoms with Crippen LogP contribution in [0.5, 0.6) is 0 Å². The molecule has 0 saturated carbocycles. The molecule has 0 atom stereocenters. The van der Waals surface area contributed by atoms with Gasteiger partial charge in [0, 0.05) is 16.1 Å². The Hall–Kier alpha value is -0.990. The second kappa shape index (κ2) is 4.30. The van der Waals surface area contributed by atoms with Crippen molar-refractivity contribution in [2.24, 2.45) is 5.73 Å². The molecule has 0 fully saturated rings. The Bertz CT molecular complexity index is 361. The third-order valence-corrected chi connectivity index (χ3v) is 1.95. The van der Waals surface area contributed by atoms with E-state index < -0.39 is 5.91 Å². The summed E-state index contributed by atoms with van der Waals surface area (Å²) < 4.78 is 0. The minimum Gasteiger partial charge on any atom is -0.366 e. The van der Waals surface area contributed by atoms with Gasteiger partial charge in [0.15, 0.2) is 0 Å². The SMILES string of the molecule is NC(=O)/C=C/c1ccc(Cl)cc1Cl. The van der Waals surface area contributed by atoms with Crippen molar-refractivity contribution in [1.29, 1.82) is 0 Å². The molecule has 13 heavy (non-hydrogen) atoms. The van der Waals surface area contributed by atoms with Crippen molar-refractivity contribution in [3.8, 4) is 0 Å². The topological polar surface area (TPSA) is 43.1 Å². The highest BCUT2D eigenvalue weighted by molar-refractivity contribution is 6.35. The highest BCUT2D eigenvalue weighted by Gasteiger charge is 1.97. The lowest BCUT2D eigenvalue weighted by molar-refractivity contribution is -0.113. The highest BCUT2D eigenvalue weighted by atomic mass is 35.5. The predicted molar refractivity (Wildman–Crippen MR) is 54.7 cm³/mol. The molecule has 1 amide bonds. The van der Waals surface area contributed by atoms with Gasteiger partial charge in [-0.1, -0.05) is 29.3 Å². The Kier molecular flexibility index (Phi) is 3.34. The van der Waals surface area contributed by atoms with Gasteiger partial charge in [-0.25, -0.2) is 0 Å². The second-order valence-electron chi connectivity index (χ2n) is 2.40. The fourth-order valence-corrected chi connectivity index (χ4v) is 1.28. The van der Waals surface area contributed by atoms with Crippen LogP contribution < -0.4 is 5.73 Å². The zero-order chi connectivity index (χ0) is 9.84. The molecule has 68 valence electrons. The van der Waals surface area contributed by atoms with Gasteiger partial charge in [-0.05, 0) is 23.8 Å². The van der Waals surface area contributed by atoms with E-state index in [9.17, 15) is 4.79 Å². The molecule has 0 aliphatic rings. The number of hydrogen-bond acceptors (Lipinski definition) is 1. The molecule has 0 radical (unpaired) electrons. The Morgan fingerprint density at radius 2 is 2.08 bits per heavy atom. The lowest BCUT2D eigenvalue weighted by Crippen LogP contribution is -2.05. The van der Waals surface area contributed by atoms with Gasteiger partial charge in [-0.2, -0.15) is 0 Å². The van der Waals surface area contributed by atoms with Crippen LogP contribution in [-0.4, -0.2) is 5.91 Å². The largest absolute Gasteiger partial charge is 0.366 e. The number of carbonyl (C=O) groups is 1. The van der Waals surface area contributed by atoms with Gasteiger partial charge >= 0.3 is 0 Å². The molecular formula is C9H7Cl2NO. The van der Waals surface area contributed by atoms with Gasteiger partial charge in [0.1, 0.15) is 0 Å². The van der Waals surface area contributed by atoms with E-state index in [1.165, 1.54) is 6.08 Å². The van der Waals surface area contributed by atoms with Crippen LogP contribution in [0.15, 0.2) is 24.3 Å². The third kappa shape index (κ3) is 3.09. The summed E-state index contributed by atoms with van der Waals surface area (Å²) in [4.78, 5) is 10.4. The van der Waals surface area contributed by atoms with Crippen LogP contribution in [0.3, 0.4) is 0 Å². The Morgan fingerprint density at radius 3 is 2.62 bits per heavy atom. The number of nitrogens with two attached hydrogens (primary N) is 1. The van der Waals surface area contributed by atoms with Crippen molar-refractivity contribution in [2.75, 3.05) is 0 Å². The van der Waals surface area contributed by atoms with Crippen molar-refractivity contribution in [2.45, 2.75) is 0 Å². The minimum atomic E-state index is -0.508. The molecule has 0 saturated heterocycles. The normalized spacial score (nSPS) is 10.6. The lowest BCUT2D eigenvalue weighted by Gasteiger charge is -1.97. The zero-order valence-electron chi connectivity index (χ0n) is 6.63. The summed E-state index contributed by atoms with van der Waals surface area (Å²) in [6, 6.07) is 5.00. The molecule has 0 aliphatic carbocycles.